The molecular weight excluding hydrogens is 394 g/mol. The van der Waals surface area contributed by atoms with Crippen LogP contribution in [0.25, 0.3) is 10.9 Å². The van der Waals surface area contributed by atoms with Gasteiger partial charge in [0.1, 0.15) is 11.4 Å². The van der Waals surface area contributed by atoms with Gasteiger partial charge in [-0.05, 0) is 18.1 Å². The third-order valence-corrected chi connectivity index (χ3v) is 5.37. The molecule has 2 heterocycles. The Labute approximate surface area is 169 Å². The number of rotatable bonds is 6. The maximum atomic E-state index is 12.7. The molecule has 152 valence electrons. The highest BCUT2D eigenvalue weighted by Gasteiger charge is 2.21. The van der Waals surface area contributed by atoms with Crippen molar-refractivity contribution >= 4 is 34.3 Å². The molecule has 0 amide bonds. The molecule has 2 aromatic heterocycles. The monoisotopic (exact) mass is 415 g/mol. The number of aromatic nitrogens is 4. The molecule has 0 aliphatic carbocycles. The predicted octanol–water partition coefficient (Wildman–Crippen LogP) is 0.997. The lowest BCUT2D eigenvalue weighted by molar-refractivity contribution is 0.102. The van der Waals surface area contributed by atoms with Crippen LogP contribution in [0.15, 0.2) is 43.8 Å². The zero-order valence-corrected chi connectivity index (χ0v) is 17.1. The average molecular weight is 415 g/mol. The van der Waals surface area contributed by atoms with Gasteiger partial charge in [-0.1, -0.05) is 37.7 Å². The molecule has 0 aliphatic heterocycles. The second-order valence-electron chi connectivity index (χ2n) is 7.01. The van der Waals surface area contributed by atoms with Crippen LogP contribution in [0.2, 0.25) is 0 Å². The van der Waals surface area contributed by atoms with Crippen LogP contribution in [0.5, 0.6) is 0 Å². The minimum absolute atomic E-state index is 0.0922. The Kier molecular flexibility index (Phi) is 5.73. The molecule has 0 saturated heterocycles. The lowest BCUT2D eigenvalue weighted by Gasteiger charge is -2.14. The van der Waals surface area contributed by atoms with E-state index in [9.17, 15) is 19.2 Å². The number of para-hydroxylation sites is 1. The van der Waals surface area contributed by atoms with Crippen LogP contribution in [0.4, 0.5) is 5.82 Å². The molecule has 1 aromatic carbocycles. The molecule has 0 atom stereocenters. The largest absolute Gasteiger partial charge is 0.384 e. The van der Waals surface area contributed by atoms with Crippen LogP contribution in [0.1, 0.15) is 24.2 Å². The molecule has 0 fully saturated rings. The van der Waals surface area contributed by atoms with Gasteiger partial charge in [-0.3, -0.25) is 28.5 Å². The average Bonchev–Trinajstić information content (AvgIpc) is 2.66. The number of carbonyl (C=O) groups is 1. The molecule has 0 spiro atoms. The molecular formula is C19H21N5O4S. The number of nitrogens with zero attached hydrogens (tertiary/aromatic N) is 3. The number of nitrogens with two attached hydrogens (primary N) is 1. The first-order valence-corrected chi connectivity index (χ1v) is 9.93. The Hall–Kier alpha value is -3.14. The number of Topliss-reactive ketones (excluding diaryl/α,β-unsaturated/α-hetero) is 1. The van der Waals surface area contributed by atoms with E-state index in [4.69, 9.17) is 5.73 Å². The molecule has 3 N–H and O–H groups in total. The fourth-order valence-corrected chi connectivity index (χ4v) is 3.78. The van der Waals surface area contributed by atoms with Crippen LogP contribution in [-0.4, -0.2) is 30.6 Å². The lowest BCUT2D eigenvalue weighted by atomic mass is 10.2. The Morgan fingerprint density at radius 2 is 1.93 bits per heavy atom. The van der Waals surface area contributed by atoms with Gasteiger partial charge in [-0.15, -0.1) is 0 Å². The molecule has 0 aliphatic rings. The number of anilines is 1. The second-order valence-corrected chi connectivity index (χ2v) is 7.95. The molecule has 0 unspecified atom stereocenters. The summed E-state index contributed by atoms with van der Waals surface area (Å²) < 4.78 is 2.54. The van der Waals surface area contributed by atoms with E-state index < -0.39 is 17.0 Å². The Balaban J connectivity index is 1.93. The first-order valence-electron chi connectivity index (χ1n) is 8.95. The van der Waals surface area contributed by atoms with Gasteiger partial charge >= 0.3 is 5.69 Å². The summed E-state index contributed by atoms with van der Waals surface area (Å²) in [6.45, 7) is 4.05. The summed E-state index contributed by atoms with van der Waals surface area (Å²) in [7, 11) is 1.57. The van der Waals surface area contributed by atoms with E-state index in [0.29, 0.717) is 16.1 Å². The molecule has 0 bridgehead atoms. The van der Waals surface area contributed by atoms with E-state index >= 15 is 0 Å². The van der Waals surface area contributed by atoms with Gasteiger partial charge in [0.15, 0.2) is 10.9 Å². The normalized spacial score (nSPS) is 11.3. The smallest absolute Gasteiger partial charge is 0.329 e. The Morgan fingerprint density at radius 3 is 2.62 bits per heavy atom. The van der Waals surface area contributed by atoms with Crippen molar-refractivity contribution in [3.8, 4) is 0 Å². The number of H-pyrrole nitrogens is 1. The van der Waals surface area contributed by atoms with E-state index in [1.807, 2.05) is 13.8 Å². The third kappa shape index (κ3) is 4.02. The minimum atomic E-state index is -0.821. The van der Waals surface area contributed by atoms with Crippen molar-refractivity contribution < 1.29 is 4.79 Å². The quantitative estimate of drug-likeness (QED) is 0.348. The number of aromatic amines is 1. The van der Waals surface area contributed by atoms with Gasteiger partial charge in [0, 0.05) is 13.6 Å². The van der Waals surface area contributed by atoms with Crippen molar-refractivity contribution in [3.63, 3.8) is 0 Å². The number of hydrogen-bond acceptors (Lipinski definition) is 7. The van der Waals surface area contributed by atoms with E-state index in [2.05, 4.69) is 9.97 Å². The first-order chi connectivity index (χ1) is 13.7. The molecule has 10 heteroatoms. The number of nitrogen functional groups attached to an aromatic ring is 1. The zero-order valence-electron chi connectivity index (χ0n) is 16.3. The fourth-order valence-electron chi connectivity index (χ4n) is 2.93. The van der Waals surface area contributed by atoms with Crippen LogP contribution in [-0.2, 0) is 13.6 Å². The third-order valence-electron chi connectivity index (χ3n) is 4.34. The summed E-state index contributed by atoms with van der Waals surface area (Å²) in [5.74, 6) is -0.771. The summed E-state index contributed by atoms with van der Waals surface area (Å²) in [6.07, 6.45) is 0. The van der Waals surface area contributed by atoms with Gasteiger partial charge in [0.25, 0.3) is 11.1 Å². The maximum Gasteiger partial charge on any atom is 0.329 e. The Morgan fingerprint density at radius 1 is 1.24 bits per heavy atom. The zero-order chi connectivity index (χ0) is 21.3. The number of nitrogens with one attached hydrogen (secondary N) is 1. The highest BCUT2D eigenvalue weighted by atomic mass is 32.2. The van der Waals surface area contributed by atoms with E-state index in [1.54, 1.807) is 31.3 Å². The summed E-state index contributed by atoms with van der Waals surface area (Å²) in [6, 6.07) is 6.92. The number of benzene rings is 1. The van der Waals surface area contributed by atoms with Crippen LogP contribution in [0.3, 0.4) is 0 Å². The SMILES string of the molecule is CC(C)Cn1c(N)c(C(=O)CSc2nc3ccccc3c(=O)n2C)c(=O)[nH]c1=O. The van der Waals surface area contributed by atoms with Gasteiger partial charge in [-0.2, -0.15) is 0 Å². The molecule has 29 heavy (non-hydrogen) atoms. The van der Waals surface area contributed by atoms with Crippen molar-refractivity contribution in [1.82, 2.24) is 19.1 Å². The van der Waals surface area contributed by atoms with Gasteiger partial charge in [0.05, 0.1) is 16.7 Å². The van der Waals surface area contributed by atoms with Crippen molar-refractivity contribution in [2.75, 3.05) is 11.5 Å². The number of fused-ring (bicyclic) bond motifs is 1. The first kappa shape index (κ1) is 20.6. The molecule has 3 aromatic rings. The number of hydrogen-bond donors (Lipinski definition) is 2. The number of thioether (sulfide) groups is 1. The fraction of sp³-hybridized carbons (Fsp3) is 0.316. The van der Waals surface area contributed by atoms with Crippen molar-refractivity contribution in [1.29, 1.82) is 0 Å². The van der Waals surface area contributed by atoms with Crippen molar-refractivity contribution in [2.45, 2.75) is 25.5 Å². The topological polar surface area (TPSA) is 133 Å². The van der Waals surface area contributed by atoms with Crippen molar-refractivity contribution in [2.24, 2.45) is 13.0 Å². The molecule has 3 rings (SSSR count). The summed E-state index contributed by atoms with van der Waals surface area (Å²) in [4.78, 5) is 56.0. The predicted molar refractivity (Wildman–Crippen MR) is 113 cm³/mol. The number of ketones is 1. The minimum Gasteiger partial charge on any atom is -0.384 e. The van der Waals surface area contributed by atoms with E-state index in [-0.39, 0.29) is 35.2 Å². The maximum absolute atomic E-state index is 12.7. The summed E-state index contributed by atoms with van der Waals surface area (Å²) in [5, 5.41) is 0.819. The summed E-state index contributed by atoms with van der Waals surface area (Å²) >= 11 is 1.03. The van der Waals surface area contributed by atoms with Crippen LogP contribution in [0, 0.1) is 5.92 Å². The highest BCUT2D eigenvalue weighted by Crippen LogP contribution is 2.19. The van der Waals surface area contributed by atoms with Gasteiger partial charge in [0.2, 0.25) is 0 Å². The van der Waals surface area contributed by atoms with Gasteiger partial charge < -0.3 is 5.73 Å². The van der Waals surface area contributed by atoms with Crippen LogP contribution < -0.4 is 22.5 Å². The molecule has 9 nitrogen and oxygen atoms in total. The van der Waals surface area contributed by atoms with Crippen LogP contribution >= 0.6 is 11.8 Å². The molecule has 0 radical (unpaired) electrons. The van der Waals surface area contributed by atoms with Gasteiger partial charge in [-0.25, -0.2) is 9.78 Å². The van der Waals surface area contributed by atoms with Crippen molar-refractivity contribution in [3.05, 3.63) is 61.0 Å². The standard InChI is InChI=1S/C19H21N5O4S/c1-10(2)8-24-15(20)14(16(26)22-18(24)28)13(25)9-29-19-21-12-7-5-4-6-11(12)17(27)23(19)3/h4-7,10H,8-9,20H2,1-3H3,(H,22,26,28). The highest BCUT2D eigenvalue weighted by molar-refractivity contribution is 7.99. The summed E-state index contributed by atoms with van der Waals surface area (Å²) in [5.41, 5.74) is 4.54. The Bertz CT molecular complexity index is 1270. The van der Waals surface area contributed by atoms with E-state index in [1.165, 1.54) is 9.13 Å². The molecule has 0 saturated carbocycles. The second kappa shape index (κ2) is 8.08. The lowest BCUT2D eigenvalue weighted by Crippen LogP contribution is -2.37. The van der Waals surface area contributed by atoms with E-state index in [0.717, 1.165) is 11.8 Å². The number of carbonyl (C=O) groups excluding carboxylic acids is 1.